The zero-order chi connectivity index (χ0) is 14.5. The number of alkyl halides is 3. The Morgan fingerprint density at radius 2 is 2.11 bits per heavy atom. The summed E-state index contributed by atoms with van der Waals surface area (Å²) in [6.07, 6.45) is -3.91. The molecule has 0 aliphatic carbocycles. The zero-order valence-corrected chi connectivity index (χ0v) is 10.7. The fraction of sp³-hybridized carbons (Fsp3) is 0.417. The first-order valence-electron chi connectivity index (χ1n) is 5.51. The number of rotatable bonds is 5. The summed E-state index contributed by atoms with van der Waals surface area (Å²) in [6.45, 7) is -1.61. The molecule has 0 saturated heterocycles. The van der Waals surface area contributed by atoms with E-state index in [0.29, 0.717) is 11.4 Å². The van der Waals surface area contributed by atoms with Crippen LogP contribution in [0.15, 0.2) is 24.3 Å². The van der Waals surface area contributed by atoms with Crippen molar-refractivity contribution in [2.75, 3.05) is 6.61 Å². The van der Waals surface area contributed by atoms with Gasteiger partial charge in [0.25, 0.3) is 0 Å². The first-order valence-corrected chi connectivity index (χ1v) is 5.89. The van der Waals surface area contributed by atoms with Gasteiger partial charge < -0.3 is 10.5 Å². The lowest BCUT2D eigenvalue weighted by Crippen LogP contribution is -2.35. The van der Waals surface area contributed by atoms with Crippen LogP contribution in [0.25, 0.3) is 0 Å². The van der Waals surface area contributed by atoms with Gasteiger partial charge in [0.15, 0.2) is 6.61 Å². The molecule has 0 radical (unpaired) electrons. The molecule has 0 aliphatic rings. The van der Waals surface area contributed by atoms with Crippen molar-refractivity contribution in [3.63, 3.8) is 0 Å². The molecule has 2 N–H and O–H groups in total. The molecule has 0 aliphatic heterocycles. The number of hydrogen-bond acceptors (Lipinski definition) is 3. The highest BCUT2D eigenvalue weighted by Crippen LogP contribution is 2.16. The van der Waals surface area contributed by atoms with Gasteiger partial charge >= 0.3 is 12.1 Å². The molecule has 3 nitrogen and oxygen atoms in total. The van der Waals surface area contributed by atoms with Crippen molar-refractivity contribution in [3.8, 4) is 0 Å². The molecule has 0 spiro atoms. The second kappa shape index (κ2) is 6.77. The summed E-state index contributed by atoms with van der Waals surface area (Å²) >= 11 is 5.77. The molecule has 7 heteroatoms. The first kappa shape index (κ1) is 15.8. The van der Waals surface area contributed by atoms with Gasteiger partial charge in [-0.25, -0.2) is 0 Å². The molecule has 106 valence electrons. The van der Waals surface area contributed by atoms with Crippen LogP contribution in [0.3, 0.4) is 0 Å². The summed E-state index contributed by atoms with van der Waals surface area (Å²) in [5, 5.41) is 0.547. The first-order chi connectivity index (χ1) is 8.78. The second-order valence-corrected chi connectivity index (χ2v) is 4.43. The predicted octanol–water partition coefficient (Wildman–Crippen LogP) is 2.71. The number of benzene rings is 1. The van der Waals surface area contributed by atoms with Gasteiger partial charge in [-0.05, 0) is 30.5 Å². The van der Waals surface area contributed by atoms with Gasteiger partial charge in [-0.2, -0.15) is 13.2 Å². The maximum atomic E-state index is 11.8. The van der Waals surface area contributed by atoms with Crippen molar-refractivity contribution in [1.29, 1.82) is 0 Å². The van der Waals surface area contributed by atoms with Crippen molar-refractivity contribution in [2.45, 2.75) is 25.1 Å². The minimum atomic E-state index is -4.54. The van der Waals surface area contributed by atoms with E-state index in [1.165, 1.54) is 0 Å². The van der Waals surface area contributed by atoms with Crippen LogP contribution in [0.2, 0.25) is 5.02 Å². The van der Waals surface area contributed by atoms with Crippen molar-refractivity contribution < 1.29 is 22.7 Å². The average molecular weight is 296 g/mol. The minimum absolute atomic E-state index is 0.192. The second-order valence-electron chi connectivity index (χ2n) is 4.00. The Hall–Kier alpha value is -1.27. The number of esters is 1. The van der Waals surface area contributed by atoms with Gasteiger partial charge in [-0.1, -0.05) is 23.7 Å². The van der Waals surface area contributed by atoms with Crippen LogP contribution in [0.1, 0.15) is 12.0 Å². The Kier molecular flexibility index (Phi) is 5.62. The normalized spacial score (nSPS) is 13.1. The topological polar surface area (TPSA) is 52.3 Å². The Labute approximate surface area is 113 Å². The highest BCUT2D eigenvalue weighted by atomic mass is 35.5. The summed E-state index contributed by atoms with van der Waals surface area (Å²) in [7, 11) is 0. The standard InChI is InChI=1S/C12H13ClF3NO2/c13-9-3-1-2-8(6-9)4-5-10(17)11(18)19-7-12(14,15)16/h1-3,6,10H,4-5,7,17H2/t10-/m0/s1. The summed E-state index contributed by atoms with van der Waals surface area (Å²) in [5.74, 6) is -1.06. The largest absolute Gasteiger partial charge is 0.455 e. The Morgan fingerprint density at radius 1 is 1.42 bits per heavy atom. The zero-order valence-electron chi connectivity index (χ0n) is 9.91. The molecule has 0 fully saturated rings. The lowest BCUT2D eigenvalue weighted by atomic mass is 10.1. The van der Waals surface area contributed by atoms with Crippen LogP contribution in [0.5, 0.6) is 0 Å². The Morgan fingerprint density at radius 3 is 2.68 bits per heavy atom. The summed E-state index contributed by atoms with van der Waals surface area (Å²) in [5.41, 5.74) is 6.31. The van der Waals surface area contributed by atoms with Gasteiger partial charge in [0.1, 0.15) is 6.04 Å². The molecule has 0 aromatic heterocycles. The quantitative estimate of drug-likeness (QED) is 0.850. The van der Waals surface area contributed by atoms with Gasteiger partial charge in [-0.3, -0.25) is 4.79 Å². The van der Waals surface area contributed by atoms with E-state index < -0.39 is 24.8 Å². The van der Waals surface area contributed by atoms with E-state index in [4.69, 9.17) is 17.3 Å². The fourth-order valence-electron chi connectivity index (χ4n) is 1.39. The van der Waals surface area contributed by atoms with Crippen LogP contribution >= 0.6 is 11.6 Å². The number of carbonyl (C=O) groups is 1. The highest BCUT2D eigenvalue weighted by Gasteiger charge is 2.30. The number of nitrogens with two attached hydrogens (primary N) is 1. The summed E-state index contributed by atoms with van der Waals surface area (Å²) in [4.78, 5) is 11.2. The lowest BCUT2D eigenvalue weighted by Gasteiger charge is -2.12. The number of ether oxygens (including phenoxy) is 1. The van der Waals surface area contributed by atoms with Crippen LogP contribution < -0.4 is 5.73 Å². The van der Waals surface area contributed by atoms with E-state index in [-0.39, 0.29) is 6.42 Å². The highest BCUT2D eigenvalue weighted by molar-refractivity contribution is 6.30. The molecule has 0 bridgehead atoms. The van der Waals surface area contributed by atoms with Gasteiger partial charge in [0, 0.05) is 5.02 Å². The van der Waals surface area contributed by atoms with E-state index in [0.717, 1.165) is 5.56 Å². The van der Waals surface area contributed by atoms with Crippen LogP contribution in [-0.4, -0.2) is 24.8 Å². The maximum absolute atomic E-state index is 11.8. The third kappa shape index (κ3) is 6.45. The molecule has 0 saturated carbocycles. The third-order valence-electron chi connectivity index (χ3n) is 2.31. The Bertz CT molecular complexity index is 437. The molecule has 0 unspecified atom stereocenters. The SMILES string of the molecule is N[C@@H](CCc1cccc(Cl)c1)C(=O)OCC(F)(F)F. The van der Waals surface area contributed by atoms with E-state index in [1.807, 2.05) is 0 Å². The molecule has 1 atom stereocenters. The van der Waals surface area contributed by atoms with Gasteiger partial charge in [0.2, 0.25) is 0 Å². The maximum Gasteiger partial charge on any atom is 0.422 e. The van der Waals surface area contributed by atoms with E-state index in [9.17, 15) is 18.0 Å². The van der Waals surface area contributed by atoms with Crippen molar-refractivity contribution in [1.82, 2.24) is 0 Å². The molecular formula is C12H13ClF3NO2. The predicted molar refractivity (Wildman–Crippen MR) is 64.8 cm³/mol. The Balaban J connectivity index is 2.38. The monoisotopic (exact) mass is 295 g/mol. The van der Waals surface area contributed by atoms with E-state index in [2.05, 4.69) is 4.74 Å². The van der Waals surface area contributed by atoms with Gasteiger partial charge in [0.05, 0.1) is 0 Å². The lowest BCUT2D eigenvalue weighted by molar-refractivity contribution is -0.187. The minimum Gasteiger partial charge on any atom is -0.455 e. The molecule has 19 heavy (non-hydrogen) atoms. The summed E-state index contributed by atoms with van der Waals surface area (Å²) < 4.78 is 39.6. The van der Waals surface area contributed by atoms with Gasteiger partial charge in [-0.15, -0.1) is 0 Å². The number of halogens is 4. The number of aryl methyl sites for hydroxylation is 1. The van der Waals surface area contributed by atoms with E-state index >= 15 is 0 Å². The summed E-state index contributed by atoms with van der Waals surface area (Å²) in [6, 6.07) is 5.85. The van der Waals surface area contributed by atoms with Crippen LogP contribution in [0, 0.1) is 0 Å². The van der Waals surface area contributed by atoms with Crippen LogP contribution in [0.4, 0.5) is 13.2 Å². The average Bonchev–Trinajstić information content (AvgIpc) is 2.32. The third-order valence-corrected chi connectivity index (χ3v) is 2.55. The van der Waals surface area contributed by atoms with Crippen molar-refractivity contribution in [2.24, 2.45) is 5.73 Å². The number of carbonyl (C=O) groups excluding carboxylic acids is 1. The molecule has 0 amide bonds. The molecular weight excluding hydrogens is 283 g/mol. The van der Waals surface area contributed by atoms with Crippen LogP contribution in [-0.2, 0) is 16.0 Å². The molecule has 1 rings (SSSR count). The van der Waals surface area contributed by atoms with Crippen molar-refractivity contribution in [3.05, 3.63) is 34.9 Å². The van der Waals surface area contributed by atoms with Crippen molar-refractivity contribution >= 4 is 17.6 Å². The molecule has 0 heterocycles. The molecule has 1 aromatic rings. The number of hydrogen-bond donors (Lipinski definition) is 1. The smallest absolute Gasteiger partial charge is 0.422 e. The fourth-order valence-corrected chi connectivity index (χ4v) is 1.61. The van der Waals surface area contributed by atoms with E-state index in [1.54, 1.807) is 24.3 Å². The molecule has 1 aromatic carbocycles.